The summed E-state index contributed by atoms with van der Waals surface area (Å²) in [4.78, 5) is 17.1. The van der Waals surface area contributed by atoms with Gasteiger partial charge in [0.2, 0.25) is 5.91 Å². The molecular formula is C25H24FN5OS. The minimum atomic E-state index is -0.409. The van der Waals surface area contributed by atoms with Gasteiger partial charge in [0.05, 0.1) is 17.8 Å². The van der Waals surface area contributed by atoms with Crippen molar-refractivity contribution in [2.75, 3.05) is 0 Å². The van der Waals surface area contributed by atoms with Crippen LogP contribution in [0.2, 0.25) is 0 Å². The van der Waals surface area contributed by atoms with Crippen LogP contribution in [0.25, 0.3) is 11.4 Å². The summed E-state index contributed by atoms with van der Waals surface area (Å²) < 4.78 is 15.2. The highest BCUT2D eigenvalue weighted by Crippen LogP contribution is 2.28. The van der Waals surface area contributed by atoms with E-state index in [9.17, 15) is 9.18 Å². The molecule has 4 aromatic rings. The van der Waals surface area contributed by atoms with Crippen molar-refractivity contribution in [3.05, 3.63) is 96.1 Å². The van der Waals surface area contributed by atoms with E-state index in [4.69, 9.17) is 0 Å². The van der Waals surface area contributed by atoms with Gasteiger partial charge in [0.15, 0.2) is 11.0 Å². The van der Waals surface area contributed by atoms with Crippen LogP contribution in [0.4, 0.5) is 4.39 Å². The molecule has 0 saturated carbocycles. The van der Waals surface area contributed by atoms with E-state index in [1.165, 1.54) is 23.9 Å². The van der Waals surface area contributed by atoms with Gasteiger partial charge in [-0.1, -0.05) is 54.2 Å². The van der Waals surface area contributed by atoms with Crippen LogP contribution in [-0.2, 0) is 11.3 Å². The first-order valence-electron chi connectivity index (χ1n) is 10.6. The minimum absolute atomic E-state index is 0.131. The summed E-state index contributed by atoms with van der Waals surface area (Å²) in [5.74, 6) is 0.263. The van der Waals surface area contributed by atoms with E-state index in [-0.39, 0.29) is 17.8 Å². The number of amides is 1. The summed E-state index contributed by atoms with van der Waals surface area (Å²) in [6.45, 7) is 4.28. The molecule has 4 rings (SSSR count). The Balaban J connectivity index is 1.53. The van der Waals surface area contributed by atoms with E-state index in [1.807, 2.05) is 60.9 Å². The summed E-state index contributed by atoms with van der Waals surface area (Å²) in [5, 5.41) is 12.0. The Kier molecular flexibility index (Phi) is 7.14. The Labute approximate surface area is 196 Å². The minimum Gasteiger partial charge on any atom is -0.349 e. The Morgan fingerprint density at radius 2 is 1.79 bits per heavy atom. The Morgan fingerprint density at radius 3 is 2.48 bits per heavy atom. The second-order valence-electron chi connectivity index (χ2n) is 7.66. The number of thioether (sulfide) groups is 1. The second kappa shape index (κ2) is 10.4. The second-order valence-corrected chi connectivity index (χ2v) is 8.97. The molecular weight excluding hydrogens is 437 g/mol. The molecule has 2 heterocycles. The first kappa shape index (κ1) is 22.7. The zero-order valence-electron chi connectivity index (χ0n) is 18.4. The maximum absolute atomic E-state index is 13.2. The monoisotopic (exact) mass is 461 g/mol. The van der Waals surface area contributed by atoms with Gasteiger partial charge >= 0.3 is 0 Å². The Morgan fingerprint density at radius 1 is 1.03 bits per heavy atom. The van der Waals surface area contributed by atoms with E-state index in [2.05, 4.69) is 20.5 Å². The van der Waals surface area contributed by atoms with Crippen molar-refractivity contribution in [1.29, 1.82) is 0 Å². The number of nitrogens with zero attached hydrogens (tertiary/aromatic N) is 4. The average molecular weight is 462 g/mol. The van der Waals surface area contributed by atoms with E-state index in [0.29, 0.717) is 17.5 Å². The van der Waals surface area contributed by atoms with Gasteiger partial charge in [-0.15, -0.1) is 10.2 Å². The molecule has 1 amide bonds. The summed E-state index contributed by atoms with van der Waals surface area (Å²) >= 11 is 1.35. The Hall–Kier alpha value is -3.52. The van der Waals surface area contributed by atoms with Crippen LogP contribution in [0, 0.1) is 5.82 Å². The number of pyridine rings is 1. The molecule has 168 valence electrons. The molecule has 0 aliphatic carbocycles. The van der Waals surface area contributed by atoms with E-state index in [1.54, 1.807) is 24.5 Å². The van der Waals surface area contributed by atoms with E-state index < -0.39 is 5.25 Å². The van der Waals surface area contributed by atoms with Gasteiger partial charge in [0.1, 0.15) is 5.82 Å². The van der Waals surface area contributed by atoms with E-state index >= 15 is 0 Å². The fourth-order valence-electron chi connectivity index (χ4n) is 3.37. The van der Waals surface area contributed by atoms with Crippen LogP contribution in [0.5, 0.6) is 0 Å². The van der Waals surface area contributed by atoms with Crippen molar-refractivity contribution in [3.8, 4) is 11.4 Å². The lowest BCUT2D eigenvalue weighted by Gasteiger charge is -2.18. The molecule has 0 fully saturated rings. The van der Waals surface area contributed by atoms with Crippen LogP contribution in [-0.4, -0.2) is 30.9 Å². The molecule has 0 aliphatic heterocycles. The lowest BCUT2D eigenvalue weighted by Crippen LogP contribution is -2.33. The summed E-state index contributed by atoms with van der Waals surface area (Å²) in [6.07, 6.45) is 3.46. The molecule has 0 bridgehead atoms. The van der Waals surface area contributed by atoms with Gasteiger partial charge in [-0.3, -0.25) is 14.3 Å². The number of hydrogen-bond acceptors (Lipinski definition) is 5. The number of nitrogens with one attached hydrogen (secondary N) is 1. The maximum Gasteiger partial charge on any atom is 0.233 e. The summed E-state index contributed by atoms with van der Waals surface area (Å²) in [7, 11) is 0. The van der Waals surface area contributed by atoms with Gasteiger partial charge in [-0.25, -0.2) is 4.39 Å². The highest BCUT2D eigenvalue weighted by Gasteiger charge is 2.22. The lowest BCUT2D eigenvalue weighted by molar-refractivity contribution is -0.120. The smallest absolute Gasteiger partial charge is 0.233 e. The number of aromatic nitrogens is 4. The molecule has 6 nitrogen and oxygen atoms in total. The van der Waals surface area contributed by atoms with Crippen LogP contribution in [0.1, 0.15) is 31.0 Å². The van der Waals surface area contributed by atoms with Gasteiger partial charge in [-0.05, 0) is 49.2 Å². The zero-order valence-corrected chi connectivity index (χ0v) is 19.2. The maximum atomic E-state index is 13.2. The molecule has 33 heavy (non-hydrogen) atoms. The van der Waals surface area contributed by atoms with Crippen LogP contribution in [0.3, 0.4) is 0 Å². The van der Waals surface area contributed by atoms with Crippen LogP contribution in [0.15, 0.2) is 84.3 Å². The molecule has 0 unspecified atom stereocenters. The normalized spacial score (nSPS) is 12.8. The zero-order chi connectivity index (χ0) is 23.2. The van der Waals surface area contributed by atoms with Crippen molar-refractivity contribution in [2.24, 2.45) is 0 Å². The predicted octanol–water partition coefficient (Wildman–Crippen LogP) is 4.89. The fourth-order valence-corrected chi connectivity index (χ4v) is 4.23. The molecule has 0 radical (unpaired) electrons. The molecule has 8 heteroatoms. The molecule has 1 N–H and O–H groups in total. The Bertz CT molecular complexity index is 1200. The average Bonchev–Trinajstić information content (AvgIpc) is 3.22. The molecule has 0 aliphatic rings. The predicted molar refractivity (Wildman–Crippen MR) is 127 cm³/mol. The number of rotatable bonds is 8. The highest BCUT2D eigenvalue weighted by atomic mass is 32.2. The van der Waals surface area contributed by atoms with E-state index in [0.717, 1.165) is 16.7 Å². The third-order valence-corrected chi connectivity index (χ3v) is 6.28. The SMILES string of the molecule is C[C@H](Sc1nnc(-c2cccnc2)n1Cc1ccccc1)C(=O)N[C@H](C)c1ccc(F)cc1. The number of carbonyl (C=O) groups is 1. The molecule has 2 aromatic carbocycles. The van der Waals surface area contributed by atoms with Gasteiger partial charge in [-0.2, -0.15) is 0 Å². The standard InChI is InChI=1S/C25H24FN5OS/c1-17(20-10-12-22(26)13-11-20)28-24(32)18(2)33-25-30-29-23(21-9-6-14-27-15-21)31(25)16-19-7-4-3-5-8-19/h3-15,17-18H,16H2,1-2H3,(H,28,32)/t17-,18+/m1/s1. The molecule has 0 saturated heterocycles. The third-order valence-electron chi connectivity index (χ3n) is 5.20. The highest BCUT2D eigenvalue weighted by molar-refractivity contribution is 8.00. The number of benzene rings is 2. The first-order valence-corrected chi connectivity index (χ1v) is 11.5. The van der Waals surface area contributed by atoms with Crippen LogP contribution < -0.4 is 5.32 Å². The number of hydrogen-bond donors (Lipinski definition) is 1. The topological polar surface area (TPSA) is 72.7 Å². The third kappa shape index (κ3) is 5.64. The molecule has 0 spiro atoms. The number of carbonyl (C=O) groups excluding carboxylic acids is 1. The van der Waals surface area contributed by atoms with Crippen molar-refractivity contribution >= 4 is 17.7 Å². The van der Waals surface area contributed by atoms with Gasteiger partial charge in [0, 0.05) is 18.0 Å². The fraction of sp³-hybridized carbons (Fsp3) is 0.200. The largest absolute Gasteiger partial charge is 0.349 e. The summed E-state index contributed by atoms with van der Waals surface area (Å²) in [5.41, 5.74) is 2.80. The molecule has 2 atom stereocenters. The van der Waals surface area contributed by atoms with Crippen molar-refractivity contribution in [2.45, 2.75) is 36.8 Å². The quantitative estimate of drug-likeness (QED) is 0.379. The van der Waals surface area contributed by atoms with Crippen molar-refractivity contribution in [1.82, 2.24) is 25.1 Å². The van der Waals surface area contributed by atoms with Crippen molar-refractivity contribution < 1.29 is 9.18 Å². The first-order chi connectivity index (χ1) is 16.0. The molecule has 2 aromatic heterocycles. The lowest BCUT2D eigenvalue weighted by atomic mass is 10.1. The summed E-state index contributed by atoms with van der Waals surface area (Å²) in [6, 6.07) is 19.7. The van der Waals surface area contributed by atoms with Crippen LogP contribution >= 0.6 is 11.8 Å². The van der Waals surface area contributed by atoms with Crippen molar-refractivity contribution in [3.63, 3.8) is 0 Å². The number of halogens is 1. The van der Waals surface area contributed by atoms with Gasteiger partial charge < -0.3 is 5.32 Å². The van der Waals surface area contributed by atoms with Gasteiger partial charge in [0.25, 0.3) is 0 Å².